The van der Waals surface area contributed by atoms with Crippen molar-refractivity contribution in [2.75, 3.05) is 13.1 Å². The maximum atomic E-state index is 12.6. The van der Waals surface area contributed by atoms with E-state index in [2.05, 4.69) is 5.32 Å². The molecule has 0 radical (unpaired) electrons. The lowest BCUT2D eigenvalue weighted by atomic mass is 9.89. The lowest BCUT2D eigenvalue weighted by Gasteiger charge is -2.22. The van der Waals surface area contributed by atoms with Gasteiger partial charge in [0.2, 0.25) is 0 Å². The molecule has 1 unspecified atom stereocenters. The maximum Gasteiger partial charge on any atom is 0.416 e. The van der Waals surface area contributed by atoms with Crippen LogP contribution in [0, 0.1) is 5.92 Å². The molecule has 1 aliphatic rings. The van der Waals surface area contributed by atoms with Crippen molar-refractivity contribution in [3.8, 4) is 0 Å². The summed E-state index contributed by atoms with van der Waals surface area (Å²) in [6.45, 7) is 1.12. The molecular formula is C16H22F3NO. The first-order chi connectivity index (χ1) is 9.97. The van der Waals surface area contributed by atoms with E-state index in [4.69, 9.17) is 0 Å². The number of rotatable bonds is 5. The van der Waals surface area contributed by atoms with Gasteiger partial charge in [-0.15, -0.1) is 0 Å². The fourth-order valence-electron chi connectivity index (χ4n) is 2.86. The van der Waals surface area contributed by atoms with Gasteiger partial charge in [0.25, 0.3) is 0 Å². The molecule has 0 amide bonds. The quantitative estimate of drug-likeness (QED) is 0.864. The molecule has 2 N–H and O–H groups in total. The second kappa shape index (κ2) is 7.27. The minimum absolute atomic E-state index is 0.289. The summed E-state index contributed by atoms with van der Waals surface area (Å²) in [6, 6.07) is 4.91. The summed E-state index contributed by atoms with van der Waals surface area (Å²) in [5.41, 5.74) is -0.410. The summed E-state index contributed by atoms with van der Waals surface area (Å²) in [4.78, 5) is 0. The highest BCUT2D eigenvalue weighted by atomic mass is 19.4. The number of benzene rings is 1. The Hall–Kier alpha value is -1.07. The van der Waals surface area contributed by atoms with E-state index in [1.54, 1.807) is 0 Å². The molecule has 1 aliphatic carbocycles. The average molecular weight is 301 g/mol. The minimum atomic E-state index is -4.37. The topological polar surface area (TPSA) is 32.3 Å². The molecule has 118 valence electrons. The van der Waals surface area contributed by atoms with Crippen molar-refractivity contribution in [1.82, 2.24) is 5.32 Å². The summed E-state index contributed by atoms with van der Waals surface area (Å²) in [5, 5.41) is 13.2. The Kier molecular flexibility index (Phi) is 5.65. The van der Waals surface area contributed by atoms with E-state index in [9.17, 15) is 18.3 Å². The zero-order valence-corrected chi connectivity index (χ0v) is 12.0. The van der Waals surface area contributed by atoms with Gasteiger partial charge in [0.15, 0.2) is 0 Å². The van der Waals surface area contributed by atoms with Crippen LogP contribution in [0.15, 0.2) is 24.3 Å². The van der Waals surface area contributed by atoms with Gasteiger partial charge in [0.1, 0.15) is 0 Å². The summed E-state index contributed by atoms with van der Waals surface area (Å²) in [6.07, 6.45) is 0.926. The van der Waals surface area contributed by atoms with Gasteiger partial charge in [-0.1, -0.05) is 31.4 Å². The zero-order valence-electron chi connectivity index (χ0n) is 12.0. The molecule has 0 saturated heterocycles. The van der Waals surface area contributed by atoms with Crippen molar-refractivity contribution >= 4 is 0 Å². The Morgan fingerprint density at radius 2 is 1.90 bits per heavy atom. The second-order valence-corrected chi connectivity index (χ2v) is 5.80. The third-order valence-corrected chi connectivity index (χ3v) is 4.09. The van der Waals surface area contributed by atoms with E-state index in [1.165, 1.54) is 44.2 Å². The zero-order chi connectivity index (χ0) is 15.3. The van der Waals surface area contributed by atoms with Crippen molar-refractivity contribution in [1.29, 1.82) is 0 Å². The fraction of sp³-hybridized carbons (Fsp3) is 0.625. The monoisotopic (exact) mass is 301 g/mol. The van der Waals surface area contributed by atoms with Gasteiger partial charge in [-0.25, -0.2) is 0 Å². The molecule has 1 aromatic rings. The fourth-order valence-corrected chi connectivity index (χ4v) is 2.86. The minimum Gasteiger partial charge on any atom is -0.387 e. The molecule has 0 aliphatic heterocycles. The van der Waals surface area contributed by atoms with E-state index in [-0.39, 0.29) is 6.54 Å². The molecule has 2 rings (SSSR count). The molecule has 0 aromatic heterocycles. The van der Waals surface area contributed by atoms with Crippen molar-refractivity contribution < 1.29 is 18.3 Å². The highest BCUT2D eigenvalue weighted by molar-refractivity contribution is 5.27. The number of hydrogen-bond acceptors (Lipinski definition) is 2. The number of nitrogens with one attached hydrogen (secondary N) is 1. The number of alkyl halides is 3. The number of hydrogen-bond donors (Lipinski definition) is 2. The third kappa shape index (κ3) is 5.00. The molecule has 1 atom stereocenters. The van der Waals surface area contributed by atoms with Crippen LogP contribution in [0.2, 0.25) is 0 Å². The van der Waals surface area contributed by atoms with Crippen LogP contribution < -0.4 is 5.32 Å². The Balaban J connectivity index is 1.83. The Bertz CT molecular complexity index is 441. The largest absolute Gasteiger partial charge is 0.416 e. The molecule has 0 heterocycles. The predicted octanol–water partition coefficient (Wildman–Crippen LogP) is 3.91. The summed E-state index contributed by atoms with van der Waals surface area (Å²) in [5.74, 6) is 0.632. The van der Waals surface area contributed by atoms with Gasteiger partial charge in [-0.2, -0.15) is 13.2 Å². The molecule has 5 heteroatoms. The number of aliphatic hydroxyl groups is 1. The van der Waals surface area contributed by atoms with Gasteiger partial charge in [-0.05, 0) is 43.0 Å². The van der Waals surface area contributed by atoms with Crippen LogP contribution in [0.4, 0.5) is 13.2 Å². The second-order valence-electron chi connectivity index (χ2n) is 5.80. The van der Waals surface area contributed by atoms with E-state index >= 15 is 0 Å². The number of aliphatic hydroxyl groups excluding tert-OH is 1. The van der Waals surface area contributed by atoms with Crippen LogP contribution >= 0.6 is 0 Å². The van der Waals surface area contributed by atoms with Crippen molar-refractivity contribution in [3.63, 3.8) is 0 Å². The average Bonchev–Trinajstić information content (AvgIpc) is 2.47. The first-order valence-electron chi connectivity index (χ1n) is 7.53. The lowest BCUT2D eigenvalue weighted by Crippen LogP contribution is -2.28. The van der Waals surface area contributed by atoms with Crippen LogP contribution in [0.5, 0.6) is 0 Å². The molecule has 1 fully saturated rings. The molecule has 0 spiro atoms. The molecule has 1 aromatic carbocycles. The van der Waals surface area contributed by atoms with Gasteiger partial charge < -0.3 is 10.4 Å². The van der Waals surface area contributed by atoms with E-state index in [1.807, 2.05) is 0 Å². The smallest absolute Gasteiger partial charge is 0.387 e. The van der Waals surface area contributed by atoms with Gasteiger partial charge >= 0.3 is 6.18 Å². The summed E-state index contributed by atoms with van der Waals surface area (Å²) in [7, 11) is 0. The van der Waals surface area contributed by atoms with Crippen molar-refractivity contribution in [2.24, 2.45) is 5.92 Å². The van der Waals surface area contributed by atoms with Crippen LogP contribution in [-0.2, 0) is 6.18 Å². The molecule has 21 heavy (non-hydrogen) atoms. The van der Waals surface area contributed by atoms with Crippen LogP contribution in [-0.4, -0.2) is 18.2 Å². The Morgan fingerprint density at radius 1 is 1.19 bits per heavy atom. The molecule has 0 bridgehead atoms. The third-order valence-electron chi connectivity index (χ3n) is 4.09. The van der Waals surface area contributed by atoms with Crippen LogP contribution in [0.3, 0.4) is 0 Å². The summed E-state index contributed by atoms with van der Waals surface area (Å²) < 4.78 is 37.9. The molecule has 2 nitrogen and oxygen atoms in total. The van der Waals surface area contributed by atoms with Crippen molar-refractivity contribution in [3.05, 3.63) is 35.4 Å². The van der Waals surface area contributed by atoms with Crippen LogP contribution in [0.25, 0.3) is 0 Å². The lowest BCUT2D eigenvalue weighted by molar-refractivity contribution is -0.137. The SMILES string of the molecule is OC(CNCC1CCCCC1)c1cccc(C(F)(F)F)c1. The normalized spacial score (nSPS) is 18.7. The predicted molar refractivity (Wildman–Crippen MR) is 75.8 cm³/mol. The first-order valence-corrected chi connectivity index (χ1v) is 7.53. The van der Waals surface area contributed by atoms with Gasteiger partial charge in [-0.3, -0.25) is 0 Å². The summed E-state index contributed by atoms with van der Waals surface area (Å²) >= 11 is 0. The van der Waals surface area contributed by atoms with E-state index in [0.29, 0.717) is 11.5 Å². The molecular weight excluding hydrogens is 279 g/mol. The van der Waals surface area contributed by atoms with Gasteiger partial charge in [0.05, 0.1) is 11.7 Å². The first kappa shape index (κ1) is 16.3. The Labute approximate surface area is 123 Å². The standard InChI is InChI=1S/C16H22F3NO/c17-16(18,19)14-8-4-7-13(9-14)15(21)11-20-10-12-5-2-1-3-6-12/h4,7-9,12,15,20-21H,1-3,5-6,10-11H2. The number of halogens is 3. The van der Waals surface area contributed by atoms with E-state index < -0.39 is 17.8 Å². The maximum absolute atomic E-state index is 12.6. The van der Waals surface area contributed by atoms with E-state index in [0.717, 1.165) is 18.7 Å². The van der Waals surface area contributed by atoms with Gasteiger partial charge in [0, 0.05) is 6.54 Å². The van der Waals surface area contributed by atoms with Crippen molar-refractivity contribution in [2.45, 2.75) is 44.4 Å². The Morgan fingerprint density at radius 3 is 2.57 bits per heavy atom. The molecule has 1 saturated carbocycles. The van der Waals surface area contributed by atoms with Crippen LogP contribution in [0.1, 0.15) is 49.3 Å². The highest BCUT2D eigenvalue weighted by Gasteiger charge is 2.30. The highest BCUT2D eigenvalue weighted by Crippen LogP contribution is 2.30.